The van der Waals surface area contributed by atoms with Crippen molar-refractivity contribution < 1.29 is 26.5 Å². The molecule has 112 valence electrons. The predicted molar refractivity (Wildman–Crippen MR) is 93.7 cm³/mol. The number of hydrogen-bond acceptors (Lipinski definition) is 1. The zero-order valence-corrected chi connectivity index (χ0v) is 13.6. The number of carbonyl (C=O) groups is 1. The number of hydrogen-bond donors (Lipinski definition) is 0. The van der Waals surface area contributed by atoms with E-state index in [1.807, 2.05) is 0 Å². The molecule has 1 N–H and O–H groups in total. The molecule has 0 radical (unpaired) electrons. The van der Waals surface area contributed by atoms with Crippen molar-refractivity contribution in [1.29, 1.82) is 0 Å². The molecule has 0 spiro atoms. The number of carbonyl (C=O) groups excluding carboxylic acids is 1. The average molecular weight is 327 g/mol. The van der Waals surface area contributed by atoms with Crippen LogP contribution in [0.25, 0.3) is 5.73 Å². The number of amides is 1. The molecule has 2 rings (SSSR count). The van der Waals surface area contributed by atoms with Crippen molar-refractivity contribution in [3.63, 3.8) is 0 Å². The van der Waals surface area contributed by atoms with Crippen LogP contribution in [-0.2, 0) is 26.5 Å². The zero-order chi connectivity index (χ0) is 12.2. The summed E-state index contributed by atoms with van der Waals surface area (Å²) in [4.78, 5) is 8.47. The normalized spacial score (nSPS) is 19.2. The minimum Gasteiger partial charge on any atom is -0.671 e. The number of nitrogens with one attached hydrogen (secondary N) is 1. The van der Waals surface area contributed by atoms with Gasteiger partial charge in [-0.2, -0.15) is 6.42 Å². The minimum absolute atomic E-state index is 0. The van der Waals surface area contributed by atoms with Gasteiger partial charge in [-0.25, -0.2) is 0 Å². The van der Waals surface area contributed by atoms with Crippen molar-refractivity contribution in [1.82, 2.24) is 0 Å². The Morgan fingerprint density at radius 2 is 1.60 bits per heavy atom. The molecule has 2 atom stereocenters. The Kier molecular flexibility index (Phi) is 37.1. The Balaban J connectivity index is -0.0000000607. The molecule has 4 heteroatoms. The molecule has 0 bridgehead atoms. The Hall–Kier alpha value is -0.639. The first kappa shape index (κ1) is 31.6. The van der Waals surface area contributed by atoms with Crippen molar-refractivity contribution in [2.45, 2.75) is 12.8 Å². The molecular weight excluding hydrogens is 298 g/mol. The van der Waals surface area contributed by atoms with E-state index in [1.165, 1.54) is 12.8 Å². The van der Waals surface area contributed by atoms with Gasteiger partial charge in [0.25, 0.3) is 0 Å². The summed E-state index contributed by atoms with van der Waals surface area (Å²) < 4.78 is 0. The Morgan fingerprint density at radius 3 is 2.00 bits per heavy atom. The quantitative estimate of drug-likeness (QED) is 0.315. The first-order valence-corrected chi connectivity index (χ1v) is 5.32. The molecule has 2 unspecified atom stereocenters. The van der Waals surface area contributed by atoms with E-state index < -0.39 is 0 Å². The number of rotatable bonds is 1. The molecule has 0 aliphatic heterocycles. The van der Waals surface area contributed by atoms with Gasteiger partial charge in [-0.3, -0.25) is 0 Å². The second-order valence-corrected chi connectivity index (χ2v) is 3.41. The van der Waals surface area contributed by atoms with E-state index in [-0.39, 0.29) is 53.9 Å². The van der Waals surface area contributed by atoms with E-state index in [9.17, 15) is 0 Å². The topological polar surface area (TPSA) is 40.9 Å². The van der Waals surface area contributed by atoms with Gasteiger partial charge in [0.1, 0.15) is 0 Å². The fraction of sp³-hybridized carbons (Fsp3) is 0.250. The second-order valence-electron chi connectivity index (χ2n) is 3.41. The number of fused-ring (bicyclic) bond motifs is 1. The molecule has 1 fully saturated rings. The van der Waals surface area contributed by atoms with Crippen LogP contribution in [0.4, 0.5) is 0 Å². The minimum atomic E-state index is 0. The van der Waals surface area contributed by atoms with Gasteiger partial charge in [-0.05, 0) is 16.9 Å². The molecule has 0 saturated heterocycles. The van der Waals surface area contributed by atoms with Crippen LogP contribution in [0.5, 0.6) is 0 Å². The van der Waals surface area contributed by atoms with Gasteiger partial charge in [0.05, 0.1) is 0 Å². The van der Waals surface area contributed by atoms with Crippen LogP contribution in [0.1, 0.15) is 12.8 Å². The molecule has 0 aromatic rings. The second kappa shape index (κ2) is 23.5. The monoisotopic (exact) mass is 327 g/mol. The van der Waals surface area contributed by atoms with E-state index in [0.717, 1.165) is 11.8 Å². The molecule has 1 saturated carbocycles. The van der Waals surface area contributed by atoms with Crippen LogP contribution in [0.2, 0.25) is 0 Å². The zero-order valence-electron chi connectivity index (χ0n) is 12.0. The molecule has 2 nitrogen and oxygen atoms in total. The van der Waals surface area contributed by atoms with Gasteiger partial charge in [0.15, 0.2) is 0 Å². The molecule has 1 amide bonds. The van der Waals surface area contributed by atoms with E-state index in [0.29, 0.717) is 0 Å². The van der Waals surface area contributed by atoms with Crippen molar-refractivity contribution in [3.05, 3.63) is 76.6 Å². The average Bonchev–Trinajstić information content (AvgIpc) is 2.78. The standard InChI is InChI=1S/C9H11.C4H6.CH3NO.2CH3.H4Si.Ti/c1-2-5-9-7-3-6-8(9)4-1;1-3-4-2;2-1-3;;;;/h1-2,4-6,8-9H,3,7H2;3-4H,1-2H2;1H,(H2,2,3);2*1H3;1H4;/q-1;;;2*-1;;+4/p-1. The first-order valence-electron chi connectivity index (χ1n) is 5.32. The van der Waals surface area contributed by atoms with E-state index >= 15 is 0 Å². The number of allylic oxidation sites excluding steroid dienone is 6. The third-order valence-electron chi connectivity index (χ3n) is 2.40. The molecule has 2 aliphatic rings. The summed E-state index contributed by atoms with van der Waals surface area (Å²) in [6.07, 6.45) is 17.3. The summed E-state index contributed by atoms with van der Waals surface area (Å²) in [5.41, 5.74) is 5.53. The summed E-state index contributed by atoms with van der Waals surface area (Å²) in [6, 6.07) is 0. The summed E-state index contributed by atoms with van der Waals surface area (Å²) in [5.74, 6) is 1.62. The summed E-state index contributed by atoms with van der Waals surface area (Å²) in [7, 11) is 0. The molecule has 0 aromatic heterocycles. The van der Waals surface area contributed by atoms with Gasteiger partial charge in [-0.15, -0.1) is 12.0 Å². The Labute approximate surface area is 145 Å². The van der Waals surface area contributed by atoms with Gasteiger partial charge < -0.3 is 31.8 Å². The molecular formula is C16H29NOSiTi. The van der Waals surface area contributed by atoms with Crippen LogP contribution < -0.4 is 0 Å². The largest absolute Gasteiger partial charge is 4.00 e. The first-order chi connectivity index (χ1) is 7.79. The fourth-order valence-electron chi connectivity index (χ4n) is 1.69. The van der Waals surface area contributed by atoms with Crippen molar-refractivity contribution >= 4 is 17.4 Å². The van der Waals surface area contributed by atoms with Crippen LogP contribution >= 0.6 is 0 Å². The maximum atomic E-state index is 8.47. The van der Waals surface area contributed by atoms with E-state index in [1.54, 1.807) is 12.2 Å². The van der Waals surface area contributed by atoms with E-state index in [4.69, 9.17) is 10.5 Å². The summed E-state index contributed by atoms with van der Waals surface area (Å²) in [5, 5.41) is 0. The molecule has 0 heterocycles. The van der Waals surface area contributed by atoms with Crippen molar-refractivity contribution in [2.24, 2.45) is 11.8 Å². The smallest absolute Gasteiger partial charge is 0.671 e. The molecule has 20 heavy (non-hydrogen) atoms. The SMILES string of the molecule is C1=CC2[CH-]CCC2C=C1.C=CC=C.[CH3-].[CH3-].[NH-]C=O.[SiH4].[Ti+4]. The summed E-state index contributed by atoms with van der Waals surface area (Å²) >= 11 is 0. The van der Waals surface area contributed by atoms with Crippen LogP contribution in [0.3, 0.4) is 0 Å². The van der Waals surface area contributed by atoms with Crippen LogP contribution in [0.15, 0.2) is 49.6 Å². The molecule has 2 aliphatic carbocycles. The molecule has 0 aromatic carbocycles. The van der Waals surface area contributed by atoms with Crippen LogP contribution in [-0.4, -0.2) is 17.4 Å². The fourth-order valence-corrected chi connectivity index (χ4v) is 1.69. The maximum Gasteiger partial charge on any atom is 4.00 e. The van der Waals surface area contributed by atoms with Crippen molar-refractivity contribution in [3.8, 4) is 0 Å². The van der Waals surface area contributed by atoms with Crippen LogP contribution in [0, 0.1) is 33.1 Å². The maximum absolute atomic E-state index is 8.47. The van der Waals surface area contributed by atoms with Gasteiger partial charge in [0, 0.05) is 6.41 Å². The van der Waals surface area contributed by atoms with Gasteiger partial charge in [-0.1, -0.05) is 50.0 Å². The van der Waals surface area contributed by atoms with Gasteiger partial charge in [0.2, 0.25) is 0 Å². The van der Waals surface area contributed by atoms with Crippen molar-refractivity contribution in [2.75, 3.05) is 0 Å². The Bertz CT molecular complexity index is 254. The van der Waals surface area contributed by atoms with E-state index in [2.05, 4.69) is 43.9 Å². The third-order valence-corrected chi connectivity index (χ3v) is 2.40. The predicted octanol–water partition coefficient (Wildman–Crippen LogP) is 3.34. The Morgan fingerprint density at radius 1 is 1.15 bits per heavy atom. The van der Waals surface area contributed by atoms with Gasteiger partial charge >= 0.3 is 21.7 Å². The summed E-state index contributed by atoms with van der Waals surface area (Å²) in [6.45, 7) is 6.72. The third kappa shape index (κ3) is 15.4.